The summed E-state index contributed by atoms with van der Waals surface area (Å²) in [5.74, 6) is -2.59. The van der Waals surface area contributed by atoms with Gasteiger partial charge >= 0.3 is 0 Å². The Labute approximate surface area is 503 Å². The van der Waals surface area contributed by atoms with E-state index in [-0.39, 0.29) is 42.0 Å². The lowest BCUT2D eigenvalue weighted by Crippen LogP contribution is -2.28. The topological polar surface area (TPSA) is 225 Å². The molecule has 0 aromatic heterocycles. The number of para-hydroxylation sites is 2. The zero-order chi connectivity index (χ0) is 61.5. The van der Waals surface area contributed by atoms with Crippen LogP contribution in [0.5, 0.6) is 5.75 Å². The van der Waals surface area contributed by atoms with Gasteiger partial charge in [0.15, 0.2) is 0 Å². The molecule has 0 saturated carbocycles. The van der Waals surface area contributed by atoms with E-state index >= 15 is 0 Å². The first kappa shape index (κ1) is 59.3. The Bertz CT molecular complexity index is 3990. The highest BCUT2D eigenvalue weighted by molar-refractivity contribution is 6.33. The van der Waals surface area contributed by atoms with Gasteiger partial charge in [-0.1, -0.05) is 147 Å². The van der Waals surface area contributed by atoms with E-state index in [4.69, 9.17) is 4.74 Å². The standard InChI is InChI=1S/C23H22N4O4.C23H22N4O2.C21H18N4O2/c1-14-20(22(29)26(24-14)17-7-4-6-16(10-17)13-28)12-21-15(2)25-27(23(21)30)18-8-5-9-19(11-18)31-3;1-3-20-18(22(28)26(24-20)16-11-7-5-8-12-16)15-19-21(4-2)25-27(23(19)29)17-13-9-6-10-14-17;1-24-20(26)16(18(22-24)14-9-5-3-6-10-14)13-17-19(23-25(2)21(17)27)15-11-7-4-8-12-15/h4-12,20,28H,13H2,1-3H3;5-15,18H,3-4H2,1-2H3;3-13,16H,1-2H3/b21-12-;19-15-;17-13-. The van der Waals surface area contributed by atoms with Gasteiger partial charge in [0.1, 0.15) is 17.4 Å². The first-order valence-corrected chi connectivity index (χ1v) is 28.2. The molecular formula is C67H62N12O8. The molecule has 0 bridgehead atoms. The first-order chi connectivity index (χ1) is 42.1. The number of aliphatic hydroxyl groups is 1. The van der Waals surface area contributed by atoms with Crippen molar-refractivity contribution in [2.45, 2.75) is 47.1 Å². The van der Waals surface area contributed by atoms with Crippen molar-refractivity contribution in [3.8, 4) is 5.75 Å². The highest BCUT2D eigenvalue weighted by Gasteiger charge is 2.41. The first-order valence-electron chi connectivity index (χ1n) is 28.2. The maximum Gasteiger partial charge on any atom is 0.280 e. The second kappa shape index (κ2) is 26.0. The molecule has 87 heavy (non-hydrogen) atoms. The summed E-state index contributed by atoms with van der Waals surface area (Å²) in [6, 6.07) is 51.7. The number of carbonyl (C=O) groups is 6. The molecule has 6 aliphatic heterocycles. The number of carbonyl (C=O) groups excluding carboxylic acids is 6. The molecule has 6 aromatic carbocycles. The molecule has 0 radical (unpaired) electrons. The summed E-state index contributed by atoms with van der Waals surface area (Å²) in [6.07, 6.45) is 6.27. The summed E-state index contributed by atoms with van der Waals surface area (Å²) in [4.78, 5) is 77.7. The van der Waals surface area contributed by atoms with E-state index in [0.717, 1.165) is 22.5 Å². The van der Waals surface area contributed by atoms with Crippen LogP contribution in [0.1, 0.15) is 57.2 Å². The summed E-state index contributed by atoms with van der Waals surface area (Å²) in [7, 11) is 4.79. The molecule has 0 aliphatic carbocycles. The average molecular weight is 1160 g/mol. The van der Waals surface area contributed by atoms with Crippen LogP contribution < -0.4 is 24.8 Å². The number of anilines is 4. The zero-order valence-corrected chi connectivity index (χ0v) is 48.9. The number of rotatable bonds is 13. The van der Waals surface area contributed by atoms with Crippen LogP contribution in [0.3, 0.4) is 0 Å². The van der Waals surface area contributed by atoms with Gasteiger partial charge in [-0.3, -0.25) is 28.8 Å². The number of likely N-dealkylation sites (N-methyl/N-ethyl adjacent to an activating group) is 1. The summed E-state index contributed by atoms with van der Waals surface area (Å²) >= 11 is 0. The van der Waals surface area contributed by atoms with Crippen molar-refractivity contribution >= 4 is 92.5 Å². The van der Waals surface area contributed by atoms with Gasteiger partial charge in [-0.05, 0) is 86.3 Å². The Morgan fingerprint density at radius 2 is 1.00 bits per heavy atom. The Hall–Kier alpha value is -10.9. The summed E-state index contributed by atoms with van der Waals surface area (Å²) < 4.78 is 5.23. The number of ether oxygens (including phenoxy) is 1. The van der Waals surface area contributed by atoms with Gasteiger partial charge in [0.25, 0.3) is 35.4 Å². The third-order valence-corrected chi connectivity index (χ3v) is 14.9. The third-order valence-electron chi connectivity index (χ3n) is 14.9. The smallest absolute Gasteiger partial charge is 0.280 e. The van der Waals surface area contributed by atoms with Gasteiger partial charge in [0.2, 0.25) is 0 Å². The molecule has 0 saturated heterocycles. The lowest BCUT2D eigenvalue weighted by molar-refractivity contribution is -0.129. The van der Waals surface area contributed by atoms with Gasteiger partial charge < -0.3 is 9.84 Å². The highest BCUT2D eigenvalue weighted by Crippen LogP contribution is 2.34. The fraction of sp³-hybridized carbons (Fsp3) is 0.194. The zero-order valence-electron chi connectivity index (χ0n) is 48.9. The lowest BCUT2D eigenvalue weighted by atomic mass is 9.92. The number of hydrazone groups is 6. The molecule has 0 fully saturated rings. The number of hydrogen-bond acceptors (Lipinski definition) is 14. The molecule has 1 N–H and O–H groups in total. The Morgan fingerprint density at radius 3 is 1.62 bits per heavy atom. The predicted molar refractivity (Wildman–Crippen MR) is 336 cm³/mol. The number of benzene rings is 6. The summed E-state index contributed by atoms with van der Waals surface area (Å²) in [5, 5.41) is 44.0. The molecule has 3 unspecified atom stereocenters. The maximum atomic E-state index is 13.1. The minimum atomic E-state index is -0.674. The molecule has 438 valence electrons. The second-order valence-corrected chi connectivity index (χ2v) is 20.5. The van der Waals surface area contributed by atoms with Crippen LogP contribution in [-0.2, 0) is 35.4 Å². The van der Waals surface area contributed by atoms with Gasteiger partial charge in [0, 0.05) is 25.7 Å². The summed E-state index contributed by atoms with van der Waals surface area (Å²) in [5.41, 5.74) is 9.93. The minimum absolute atomic E-state index is 0.129. The largest absolute Gasteiger partial charge is 0.497 e. The molecule has 20 heteroatoms. The molecule has 6 aliphatic rings. The fourth-order valence-corrected chi connectivity index (χ4v) is 10.3. The average Bonchev–Trinajstić information content (AvgIpc) is 2.18. The van der Waals surface area contributed by atoms with E-state index < -0.39 is 17.8 Å². The molecule has 0 spiro atoms. The molecule has 6 heterocycles. The van der Waals surface area contributed by atoms with Crippen molar-refractivity contribution in [3.63, 3.8) is 0 Å². The van der Waals surface area contributed by atoms with Crippen LogP contribution in [0, 0.1) is 17.8 Å². The molecular weight excluding hydrogens is 1100 g/mol. The van der Waals surface area contributed by atoms with Crippen LogP contribution in [0.4, 0.5) is 22.7 Å². The van der Waals surface area contributed by atoms with E-state index in [1.165, 1.54) is 30.1 Å². The lowest BCUT2D eigenvalue weighted by Gasteiger charge is -2.14. The van der Waals surface area contributed by atoms with E-state index in [9.17, 15) is 33.9 Å². The van der Waals surface area contributed by atoms with Gasteiger partial charge in [-0.2, -0.15) is 50.6 Å². The second-order valence-electron chi connectivity index (χ2n) is 20.5. The van der Waals surface area contributed by atoms with E-state index in [1.807, 2.05) is 135 Å². The van der Waals surface area contributed by atoms with E-state index in [2.05, 4.69) is 30.6 Å². The van der Waals surface area contributed by atoms with Crippen molar-refractivity contribution < 1.29 is 38.6 Å². The normalized spacial score (nSPS) is 20.5. The van der Waals surface area contributed by atoms with Crippen molar-refractivity contribution in [1.82, 2.24) is 10.0 Å². The third kappa shape index (κ3) is 12.3. The van der Waals surface area contributed by atoms with Crippen LogP contribution in [0.2, 0.25) is 0 Å². The number of nitrogens with zero attached hydrogens (tertiary/aromatic N) is 12. The number of amides is 6. The predicted octanol–water partition coefficient (Wildman–Crippen LogP) is 9.31. The number of methoxy groups -OCH3 is 1. The van der Waals surface area contributed by atoms with Crippen LogP contribution in [-0.4, -0.2) is 106 Å². The Morgan fingerprint density at radius 1 is 0.471 bits per heavy atom. The van der Waals surface area contributed by atoms with Crippen LogP contribution in [0.25, 0.3) is 0 Å². The van der Waals surface area contributed by atoms with Crippen molar-refractivity contribution in [3.05, 3.63) is 221 Å². The highest BCUT2D eigenvalue weighted by atomic mass is 16.5. The molecule has 6 amide bonds. The Kier molecular flexibility index (Phi) is 17.7. The number of hydrogen-bond donors (Lipinski definition) is 1. The van der Waals surface area contributed by atoms with Crippen LogP contribution in [0.15, 0.2) is 235 Å². The molecule has 6 aromatic rings. The van der Waals surface area contributed by atoms with Gasteiger partial charge in [-0.25, -0.2) is 10.0 Å². The fourth-order valence-electron chi connectivity index (χ4n) is 10.3. The molecule has 12 rings (SSSR count). The summed E-state index contributed by atoms with van der Waals surface area (Å²) in [6.45, 7) is 7.28. The van der Waals surface area contributed by atoms with E-state index in [1.54, 1.807) is 102 Å². The molecule has 3 atom stereocenters. The Balaban J connectivity index is 0.000000145. The number of aliphatic hydroxyl groups excluding tert-OH is 1. The van der Waals surface area contributed by atoms with Crippen molar-refractivity contribution in [2.24, 2.45) is 48.4 Å². The van der Waals surface area contributed by atoms with Crippen molar-refractivity contribution in [1.29, 1.82) is 0 Å². The SMILES string of the molecule is CCC1=NN(c2ccccc2)C(=O)/C1=C\C1C(=O)N(c2ccccc2)N=C1CC.CN1N=C(c2ccccc2)/C(=C/C2C(=O)N(C)N=C2c2ccccc2)C1=O.COc1cccc(N2N=C(C)/C(=C/C3C(=O)N(c4cccc(CO)c4)N=C3C)C2=O)c1. The monoisotopic (exact) mass is 1160 g/mol. The van der Waals surface area contributed by atoms with Gasteiger partial charge in [0.05, 0.1) is 93.6 Å². The molecule has 20 nitrogen and oxygen atoms in total. The minimum Gasteiger partial charge on any atom is -0.497 e. The maximum absolute atomic E-state index is 13.1. The van der Waals surface area contributed by atoms with Crippen LogP contribution >= 0.6 is 0 Å². The quantitative estimate of drug-likeness (QED) is 0.109. The van der Waals surface area contributed by atoms with Crippen molar-refractivity contribution in [2.75, 3.05) is 41.2 Å². The van der Waals surface area contributed by atoms with E-state index in [0.29, 0.717) is 86.5 Å². The van der Waals surface area contributed by atoms with Gasteiger partial charge in [-0.15, -0.1) is 0 Å².